The van der Waals surface area contributed by atoms with Crippen molar-refractivity contribution in [3.63, 3.8) is 0 Å². The van der Waals surface area contributed by atoms with Gasteiger partial charge in [0.1, 0.15) is 6.61 Å². The average Bonchev–Trinajstić information content (AvgIpc) is 2.84. The highest BCUT2D eigenvalue weighted by molar-refractivity contribution is 7.47. The molecule has 9 nitrogen and oxygen atoms in total. The van der Waals surface area contributed by atoms with Crippen molar-refractivity contribution in [2.24, 2.45) is 5.73 Å². The summed E-state index contributed by atoms with van der Waals surface area (Å²) in [4.78, 5) is 32.8. The number of phosphoric acid groups is 1. The second-order valence-electron chi connectivity index (χ2n) is 8.63. The van der Waals surface area contributed by atoms with Gasteiger partial charge in [0.25, 0.3) is 0 Å². The third-order valence-corrected chi connectivity index (χ3v) is 6.13. The van der Waals surface area contributed by atoms with Gasteiger partial charge in [-0.3, -0.25) is 18.6 Å². The van der Waals surface area contributed by atoms with Crippen molar-refractivity contribution in [3.8, 4) is 0 Å². The molecule has 210 valence electrons. The summed E-state index contributed by atoms with van der Waals surface area (Å²) < 4.78 is 31.3. The molecule has 0 aliphatic carbocycles. The summed E-state index contributed by atoms with van der Waals surface area (Å²) in [6.45, 7) is 2.61. The zero-order valence-electron chi connectivity index (χ0n) is 22.2. The van der Waals surface area contributed by atoms with E-state index in [2.05, 4.69) is 35.8 Å². The van der Waals surface area contributed by atoms with E-state index in [9.17, 15) is 19.0 Å². The van der Waals surface area contributed by atoms with E-state index in [1.54, 1.807) is 0 Å². The Morgan fingerprint density at radius 2 is 1.50 bits per heavy atom. The standard InChI is InChI=1S/C26H48NO8P/c1-3-4-5-6-7-8-9-10-11-12-13-14-15-16-17-18-19-26(29)35-25(22-32-24(2)28)23-34-36(30,31)33-21-20-27/h8-9,11-12,25H,3-7,10,13-23,27H2,1-2H3,(H,30,31)/b9-8-,12-11-. The highest BCUT2D eigenvalue weighted by Gasteiger charge is 2.25. The van der Waals surface area contributed by atoms with Crippen molar-refractivity contribution in [2.45, 2.75) is 103 Å². The zero-order valence-corrected chi connectivity index (χ0v) is 23.1. The van der Waals surface area contributed by atoms with Crippen LogP contribution in [0.5, 0.6) is 0 Å². The molecule has 0 saturated carbocycles. The normalized spacial score (nSPS) is 14.2. The number of carbonyl (C=O) groups is 2. The summed E-state index contributed by atoms with van der Waals surface area (Å²) in [5.41, 5.74) is 5.23. The van der Waals surface area contributed by atoms with Gasteiger partial charge in [-0.2, -0.15) is 0 Å². The van der Waals surface area contributed by atoms with Gasteiger partial charge in [-0.05, 0) is 38.5 Å². The molecular formula is C26H48NO8P. The second kappa shape index (κ2) is 23.9. The first kappa shape index (κ1) is 34.5. The maximum atomic E-state index is 12.1. The van der Waals surface area contributed by atoms with Crippen LogP contribution >= 0.6 is 7.82 Å². The maximum Gasteiger partial charge on any atom is 0.472 e. The Kier molecular flexibility index (Phi) is 22.9. The molecule has 0 bridgehead atoms. The van der Waals surface area contributed by atoms with E-state index in [1.807, 2.05) is 0 Å². The predicted octanol–water partition coefficient (Wildman–Crippen LogP) is 5.76. The minimum absolute atomic E-state index is 0.0490. The van der Waals surface area contributed by atoms with Crippen molar-refractivity contribution < 1.29 is 37.6 Å². The first-order valence-electron chi connectivity index (χ1n) is 13.3. The van der Waals surface area contributed by atoms with E-state index in [-0.39, 0.29) is 26.2 Å². The van der Waals surface area contributed by atoms with Gasteiger partial charge in [0, 0.05) is 19.9 Å². The van der Waals surface area contributed by atoms with Gasteiger partial charge in [-0.1, -0.05) is 69.8 Å². The van der Waals surface area contributed by atoms with Gasteiger partial charge in [0.15, 0.2) is 6.10 Å². The number of unbranched alkanes of at least 4 members (excludes halogenated alkanes) is 9. The molecule has 0 aromatic carbocycles. The summed E-state index contributed by atoms with van der Waals surface area (Å²) in [7, 11) is -4.33. The highest BCUT2D eigenvalue weighted by atomic mass is 31.2. The second-order valence-corrected chi connectivity index (χ2v) is 10.1. The molecule has 0 radical (unpaired) electrons. The summed E-state index contributed by atoms with van der Waals surface area (Å²) in [5.74, 6) is -1.04. The Morgan fingerprint density at radius 3 is 2.11 bits per heavy atom. The fourth-order valence-corrected chi connectivity index (χ4v) is 3.98. The molecule has 0 fully saturated rings. The third kappa shape index (κ3) is 24.2. The van der Waals surface area contributed by atoms with Crippen molar-refractivity contribution >= 4 is 19.8 Å². The van der Waals surface area contributed by atoms with Gasteiger partial charge < -0.3 is 20.1 Å². The number of nitrogens with two attached hydrogens (primary N) is 1. The molecule has 2 unspecified atom stereocenters. The Balaban J connectivity index is 3.95. The Bertz CT molecular complexity index is 668. The fraction of sp³-hybridized carbons (Fsp3) is 0.769. The van der Waals surface area contributed by atoms with Crippen LogP contribution < -0.4 is 5.73 Å². The largest absolute Gasteiger partial charge is 0.472 e. The van der Waals surface area contributed by atoms with E-state index in [1.165, 1.54) is 39.0 Å². The highest BCUT2D eigenvalue weighted by Crippen LogP contribution is 2.43. The molecule has 0 saturated heterocycles. The first-order valence-corrected chi connectivity index (χ1v) is 14.7. The van der Waals surface area contributed by atoms with Crippen molar-refractivity contribution in [1.29, 1.82) is 0 Å². The number of phosphoric ester groups is 1. The molecule has 3 N–H and O–H groups in total. The van der Waals surface area contributed by atoms with Crippen LogP contribution in [0.15, 0.2) is 24.3 Å². The molecule has 0 aliphatic rings. The maximum absolute atomic E-state index is 12.1. The van der Waals surface area contributed by atoms with Crippen LogP contribution in [0.4, 0.5) is 0 Å². The van der Waals surface area contributed by atoms with Gasteiger partial charge in [-0.25, -0.2) is 4.57 Å². The van der Waals surface area contributed by atoms with Gasteiger partial charge in [-0.15, -0.1) is 0 Å². The van der Waals surface area contributed by atoms with Crippen molar-refractivity contribution in [2.75, 3.05) is 26.4 Å². The molecule has 0 aromatic heterocycles. The quantitative estimate of drug-likeness (QED) is 0.0687. The number of carbonyl (C=O) groups excluding carboxylic acids is 2. The lowest BCUT2D eigenvalue weighted by Crippen LogP contribution is -2.29. The van der Waals surface area contributed by atoms with E-state index >= 15 is 0 Å². The molecule has 10 heteroatoms. The number of hydrogen-bond donors (Lipinski definition) is 2. The minimum atomic E-state index is -4.33. The molecule has 0 amide bonds. The molecule has 0 rings (SSSR count). The summed E-state index contributed by atoms with van der Waals surface area (Å²) in [6, 6.07) is 0. The lowest BCUT2D eigenvalue weighted by Gasteiger charge is -2.19. The first-order chi connectivity index (χ1) is 17.3. The lowest BCUT2D eigenvalue weighted by atomic mass is 10.1. The smallest absolute Gasteiger partial charge is 0.462 e. The Hall–Kier alpha value is -1.51. The predicted molar refractivity (Wildman–Crippen MR) is 141 cm³/mol. The number of allylic oxidation sites excluding steroid dienone is 4. The third-order valence-electron chi connectivity index (χ3n) is 5.15. The monoisotopic (exact) mass is 533 g/mol. The van der Waals surface area contributed by atoms with Crippen molar-refractivity contribution in [1.82, 2.24) is 0 Å². The number of rotatable bonds is 24. The van der Waals surface area contributed by atoms with E-state index < -0.39 is 32.5 Å². The van der Waals surface area contributed by atoms with Gasteiger partial charge >= 0.3 is 19.8 Å². The van der Waals surface area contributed by atoms with Crippen molar-refractivity contribution in [3.05, 3.63) is 24.3 Å². The molecule has 0 spiro atoms. The lowest BCUT2D eigenvalue weighted by molar-refractivity contribution is -0.160. The molecule has 0 aliphatic heterocycles. The van der Waals surface area contributed by atoms with E-state index in [0.29, 0.717) is 6.42 Å². The molecular weight excluding hydrogens is 485 g/mol. The molecule has 0 heterocycles. The average molecular weight is 534 g/mol. The van der Waals surface area contributed by atoms with Crippen LogP contribution in [-0.4, -0.2) is 49.3 Å². The SMILES string of the molecule is CCCCCC/C=C\C/C=C\CCCCCCCC(=O)OC(COC(C)=O)COP(=O)(O)OCCN. The van der Waals surface area contributed by atoms with Crippen LogP contribution in [0.1, 0.15) is 97.3 Å². The van der Waals surface area contributed by atoms with Crippen LogP contribution in [-0.2, 0) is 32.7 Å². The van der Waals surface area contributed by atoms with E-state index in [0.717, 1.165) is 38.5 Å². The Labute approximate surface area is 217 Å². The van der Waals surface area contributed by atoms with Crippen LogP contribution in [0.25, 0.3) is 0 Å². The molecule has 2 atom stereocenters. The summed E-state index contributed by atoms with van der Waals surface area (Å²) in [5, 5.41) is 0. The summed E-state index contributed by atoms with van der Waals surface area (Å²) in [6.07, 6.45) is 21.5. The van der Waals surface area contributed by atoms with Gasteiger partial charge in [0.05, 0.1) is 13.2 Å². The molecule has 0 aromatic rings. The molecule has 36 heavy (non-hydrogen) atoms. The minimum Gasteiger partial charge on any atom is -0.462 e. The van der Waals surface area contributed by atoms with Crippen LogP contribution in [0, 0.1) is 0 Å². The van der Waals surface area contributed by atoms with Crippen LogP contribution in [0.3, 0.4) is 0 Å². The summed E-state index contributed by atoms with van der Waals surface area (Å²) >= 11 is 0. The zero-order chi connectivity index (χ0) is 26.9. The van der Waals surface area contributed by atoms with E-state index in [4.69, 9.17) is 19.7 Å². The fourth-order valence-electron chi connectivity index (χ4n) is 3.21. The number of esters is 2. The number of hydrogen-bond acceptors (Lipinski definition) is 8. The number of ether oxygens (including phenoxy) is 2. The topological polar surface area (TPSA) is 134 Å². The Morgan fingerprint density at radius 1 is 0.889 bits per heavy atom. The van der Waals surface area contributed by atoms with Gasteiger partial charge in [0.2, 0.25) is 0 Å². The van der Waals surface area contributed by atoms with Crippen LogP contribution in [0.2, 0.25) is 0 Å².